The highest BCUT2D eigenvalue weighted by atomic mass is 35.5. The largest absolute Gasteiger partial charge is 0.488 e. The van der Waals surface area contributed by atoms with E-state index in [0.717, 1.165) is 5.69 Å². The Morgan fingerprint density at radius 1 is 0.949 bits per heavy atom. The molecule has 10 nitrogen and oxygen atoms in total. The average molecular weight is 550 g/mol. The number of carbonyl (C=O) groups is 3. The fourth-order valence-corrected chi connectivity index (χ4v) is 4.69. The topological polar surface area (TPSA) is 126 Å². The van der Waals surface area contributed by atoms with Gasteiger partial charge in [0.1, 0.15) is 24.5 Å². The second-order valence-corrected chi connectivity index (χ2v) is 9.72. The lowest BCUT2D eigenvalue weighted by Crippen LogP contribution is -2.45. The first-order chi connectivity index (χ1) is 18.9. The molecule has 2 fully saturated rings. The summed E-state index contributed by atoms with van der Waals surface area (Å²) in [7, 11) is 0. The number of hydrogen-bond acceptors (Lipinski definition) is 6. The van der Waals surface area contributed by atoms with Gasteiger partial charge in [-0.25, -0.2) is 4.79 Å². The summed E-state index contributed by atoms with van der Waals surface area (Å²) < 4.78 is 11.3. The molecule has 2 saturated heterocycles. The van der Waals surface area contributed by atoms with E-state index in [1.165, 1.54) is 4.90 Å². The van der Waals surface area contributed by atoms with Crippen molar-refractivity contribution < 1.29 is 23.9 Å². The first-order valence-electron chi connectivity index (χ1n) is 12.5. The van der Waals surface area contributed by atoms with Crippen LogP contribution in [0.1, 0.15) is 6.42 Å². The van der Waals surface area contributed by atoms with Crippen molar-refractivity contribution in [1.29, 1.82) is 0 Å². The molecule has 3 aromatic rings. The fourth-order valence-electron chi connectivity index (χ4n) is 4.56. The van der Waals surface area contributed by atoms with E-state index in [4.69, 9.17) is 26.8 Å². The third kappa shape index (κ3) is 6.42. The number of halogens is 1. The molecule has 11 heteroatoms. The highest BCUT2D eigenvalue weighted by Gasteiger charge is 2.41. The number of anilines is 4. The predicted octanol–water partition coefficient (Wildman–Crippen LogP) is 3.98. The van der Waals surface area contributed by atoms with Gasteiger partial charge in [0.05, 0.1) is 13.2 Å². The van der Waals surface area contributed by atoms with Gasteiger partial charge in [0.15, 0.2) is 0 Å². The Balaban J connectivity index is 1.29. The molecule has 2 aliphatic rings. The van der Waals surface area contributed by atoms with Crippen LogP contribution in [0.4, 0.5) is 27.5 Å². The van der Waals surface area contributed by atoms with Crippen molar-refractivity contribution in [3.8, 4) is 5.75 Å². The zero-order valence-corrected chi connectivity index (χ0v) is 21.8. The lowest BCUT2D eigenvalue weighted by molar-refractivity contribution is -0.125. The molecule has 0 spiro atoms. The van der Waals surface area contributed by atoms with Crippen LogP contribution in [0.2, 0.25) is 5.02 Å². The maximum absolute atomic E-state index is 13.4. The molecule has 39 heavy (non-hydrogen) atoms. The lowest BCUT2D eigenvalue weighted by Gasteiger charge is -2.27. The van der Waals surface area contributed by atoms with Gasteiger partial charge in [-0.2, -0.15) is 0 Å². The van der Waals surface area contributed by atoms with Crippen molar-refractivity contribution in [2.45, 2.75) is 18.6 Å². The summed E-state index contributed by atoms with van der Waals surface area (Å²) >= 11 is 5.96. The van der Waals surface area contributed by atoms with Crippen LogP contribution < -0.4 is 26.0 Å². The zero-order valence-electron chi connectivity index (χ0n) is 21.0. The van der Waals surface area contributed by atoms with Gasteiger partial charge < -0.3 is 35.6 Å². The molecule has 2 atom stereocenters. The number of likely N-dealkylation sites (tertiary alicyclic amines) is 1. The van der Waals surface area contributed by atoms with E-state index in [2.05, 4.69) is 10.6 Å². The van der Waals surface area contributed by atoms with Gasteiger partial charge >= 0.3 is 6.03 Å². The Kier molecular flexibility index (Phi) is 7.85. The number of rotatable bonds is 6. The van der Waals surface area contributed by atoms with Crippen molar-refractivity contribution in [1.82, 2.24) is 4.90 Å². The van der Waals surface area contributed by atoms with Crippen molar-refractivity contribution in [3.63, 3.8) is 0 Å². The number of nitrogens with two attached hydrogens (primary N) is 1. The minimum atomic E-state index is -0.781. The van der Waals surface area contributed by atoms with E-state index in [0.29, 0.717) is 47.4 Å². The van der Waals surface area contributed by atoms with Gasteiger partial charge in [-0.05, 0) is 72.8 Å². The fraction of sp³-hybridized carbons (Fsp3) is 0.250. The Morgan fingerprint density at radius 3 is 2.31 bits per heavy atom. The first kappa shape index (κ1) is 26.3. The summed E-state index contributed by atoms with van der Waals surface area (Å²) in [6.45, 7) is 1.20. The van der Waals surface area contributed by atoms with Crippen LogP contribution in [0.15, 0.2) is 72.8 Å². The van der Waals surface area contributed by atoms with Crippen LogP contribution in [0, 0.1) is 0 Å². The Morgan fingerprint density at radius 2 is 1.62 bits per heavy atom. The Bertz CT molecular complexity index is 1330. The van der Waals surface area contributed by atoms with Crippen LogP contribution in [0.3, 0.4) is 0 Å². The summed E-state index contributed by atoms with van der Waals surface area (Å²) in [5.41, 5.74) is 8.21. The summed E-state index contributed by atoms with van der Waals surface area (Å²) in [5.74, 6) is 0.139. The smallest absolute Gasteiger partial charge is 0.322 e. The second-order valence-electron chi connectivity index (χ2n) is 9.28. The van der Waals surface area contributed by atoms with E-state index >= 15 is 0 Å². The summed E-state index contributed by atoms with van der Waals surface area (Å²) in [6, 6.07) is 19.5. The van der Waals surface area contributed by atoms with Gasteiger partial charge in [0.2, 0.25) is 5.91 Å². The minimum Gasteiger partial charge on any atom is -0.488 e. The molecule has 3 aromatic carbocycles. The number of morpholine rings is 1. The van der Waals surface area contributed by atoms with Gasteiger partial charge in [0, 0.05) is 40.7 Å². The van der Waals surface area contributed by atoms with Gasteiger partial charge in [-0.3, -0.25) is 9.59 Å². The maximum Gasteiger partial charge on any atom is 0.322 e. The third-order valence-corrected chi connectivity index (χ3v) is 6.79. The molecule has 0 aliphatic carbocycles. The first-order valence-corrected chi connectivity index (χ1v) is 12.9. The number of hydrogen-bond donors (Lipinski definition) is 3. The van der Waals surface area contributed by atoms with Crippen LogP contribution in [-0.2, 0) is 14.3 Å². The number of nitrogens with zero attached hydrogens (tertiary/aromatic N) is 2. The third-order valence-electron chi connectivity index (χ3n) is 6.54. The number of ether oxygens (including phenoxy) is 2. The predicted molar refractivity (Wildman–Crippen MR) is 149 cm³/mol. The molecule has 4 N–H and O–H groups in total. The molecule has 5 rings (SSSR count). The van der Waals surface area contributed by atoms with Crippen LogP contribution in [0.5, 0.6) is 5.75 Å². The van der Waals surface area contributed by atoms with Crippen molar-refractivity contribution in [2.75, 3.05) is 47.6 Å². The van der Waals surface area contributed by atoms with Gasteiger partial charge in [-0.1, -0.05) is 11.6 Å². The summed E-state index contributed by atoms with van der Waals surface area (Å²) in [5, 5.41) is 6.27. The minimum absolute atomic E-state index is 0.0493. The summed E-state index contributed by atoms with van der Waals surface area (Å²) in [4.78, 5) is 41.9. The lowest BCUT2D eigenvalue weighted by atomic mass is 10.1. The average Bonchev–Trinajstić information content (AvgIpc) is 3.36. The normalized spacial score (nSPS) is 19.1. The van der Waals surface area contributed by atoms with Crippen molar-refractivity contribution in [2.24, 2.45) is 0 Å². The van der Waals surface area contributed by atoms with Crippen molar-refractivity contribution in [3.05, 3.63) is 77.8 Å². The van der Waals surface area contributed by atoms with Crippen molar-refractivity contribution >= 4 is 52.2 Å². The number of benzene rings is 3. The van der Waals surface area contributed by atoms with E-state index in [1.54, 1.807) is 77.7 Å². The van der Waals surface area contributed by atoms with Crippen LogP contribution in [0.25, 0.3) is 0 Å². The molecular weight excluding hydrogens is 522 g/mol. The molecule has 0 saturated carbocycles. The molecule has 0 aromatic heterocycles. The number of carbonyl (C=O) groups excluding carboxylic acids is 3. The molecule has 2 heterocycles. The number of amides is 4. The monoisotopic (exact) mass is 549 g/mol. The van der Waals surface area contributed by atoms with Gasteiger partial charge in [-0.15, -0.1) is 0 Å². The van der Waals surface area contributed by atoms with E-state index in [9.17, 15) is 14.4 Å². The van der Waals surface area contributed by atoms with E-state index < -0.39 is 18.2 Å². The standard InChI is InChI=1S/C28H28ClN5O5/c29-18-1-5-21(6-2-18)32-28(37)34-16-24(39-23-11-3-19(30)4-12-23)15-25(34)27(36)31-20-7-9-22(10-8-20)33-13-14-38-17-26(33)35/h1-12,24-25H,13-17,30H2,(H,31,36)(H,32,37)/t24-,25+/m0/s1. The second kappa shape index (κ2) is 11.6. The number of urea groups is 1. The Labute approximate surface area is 230 Å². The maximum atomic E-state index is 13.4. The highest BCUT2D eigenvalue weighted by molar-refractivity contribution is 6.30. The Hall–Kier alpha value is -4.28. The van der Waals surface area contributed by atoms with E-state index in [-0.39, 0.29) is 25.0 Å². The quantitative estimate of drug-likeness (QED) is 0.399. The molecule has 4 amide bonds. The highest BCUT2D eigenvalue weighted by Crippen LogP contribution is 2.27. The number of nitrogens with one attached hydrogen (secondary N) is 2. The molecule has 0 bridgehead atoms. The van der Waals surface area contributed by atoms with Crippen LogP contribution >= 0.6 is 11.6 Å². The molecule has 0 unspecified atom stereocenters. The molecular formula is C28H28ClN5O5. The molecule has 202 valence electrons. The summed E-state index contributed by atoms with van der Waals surface area (Å²) in [6.07, 6.45) is -0.111. The van der Waals surface area contributed by atoms with Gasteiger partial charge in [0.25, 0.3) is 5.91 Å². The molecule has 0 radical (unpaired) electrons. The number of nitrogen functional groups attached to an aromatic ring is 1. The zero-order chi connectivity index (χ0) is 27.4. The van der Waals surface area contributed by atoms with Crippen LogP contribution in [-0.4, -0.2) is 61.2 Å². The SMILES string of the molecule is Nc1ccc(O[C@H]2C[C@H](C(=O)Nc3ccc(N4CCOCC4=O)cc3)N(C(=O)Nc3ccc(Cl)cc3)C2)cc1. The molecule has 2 aliphatic heterocycles. The van der Waals surface area contributed by atoms with E-state index in [1.807, 2.05) is 0 Å².